The summed E-state index contributed by atoms with van der Waals surface area (Å²) >= 11 is 3.12. The summed E-state index contributed by atoms with van der Waals surface area (Å²) in [5.41, 5.74) is 6.78. The average Bonchev–Trinajstić information content (AvgIpc) is 2.80. The second-order valence-corrected chi connectivity index (χ2v) is 6.33. The first-order valence-corrected chi connectivity index (χ1v) is 7.53. The highest BCUT2D eigenvalue weighted by Crippen LogP contribution is 2.33. The molecule has 0 atom stereocenters. The number of aromatic nitrogens is 3. The summed E-state index contributed by atoms with van der Waals surface area (Å²) < 4.78 is 7.13. The molecule has 2 aromatic heterocycles. The number of nitrogen functional groups attached to an aromatic ring is 1. The number of methoxy groups -OCH3 is 1. The van der Waals surface area contributed by atoms with Gasteiger partial charge < -0.3 is 10.5 Å². The molecule has 3 aromatic rings. The number of nitrogens with two attached hydrogens (primary N) is 1. The highest BCUT2D eigenvalue weighted by atomic mass is 32.2. The molecule has 2 N–H and O–H groups in total. The zero-order valence-corrected chi connectivity index (χ0v) is 12.4. The maximum absolute atomic E-state index is 5.78. The van der Waals surface area contributed by atoms with Gasteiger partial charge in [-0.05, 0) is 23.9 Å². The van der Waals surface area contributed by atoms with E-state index in [1.54, 1.807) is 24.5 Å². The second kappa shape index (κ2) is 5.74. The van der Waals surface area contributed by atoms with Gasteiger partial charge in [-0.2, -0.15) is 0 Å². The predicted molar refractivity (Wildman–Crippen MR) is 80.9 cm³/mol. The number of benzene rings is 1. The second-order valence-electron chi connectivity index (χ2n) is 4.03. The van der Waals surface area contributed by atoms with Crippen molar-refractivity contribution >= 4 is 39.1 Å². The van der Waals surface area contributed by atoms with Crippen molar-refractivity contribution < 1.29 is 4.74 Å². The first-order chi connectivity index (χ1) is 9.74. The lowest BCUT2D eigenvalue weighted by molar-refractivity contribution is 0.177. The minimum atomic E-state index is 0.346. The van der Waals surface area contributed by atoms with Crippen LogP contribution >= 0.6 is 23.1 Å². The molecule has 0 saturated heterocycles. The Kier molecular flexibility index (Phi) is 3.81. The minimum Gasteiger partial charge on any atom is -0.384 e. The van der Waals surface area contributed by atoms with Crippen LogP contribution in [-0.2, 0) is 11.3 Å². The molecule has 2 heterocycles. The van der Waals surface area contributed by atoms with Crippen molar-refractivity contribution in [3.8, 4) is 0 Å². The minimum absolute atomic E-state index is 0.346. The molecule has 20 heavy (non-hydrogen) atoms. The quantitative estimate of drug-likeness (QED) is 0.747. The summed E-state index contributed by atoms with van der Waals surface area (Å²) in [4.78, 5) is 13.1. The molecule has 5 nitrogen and oxygen atoms in total. The molecule has 0 amide bonds. The summed E-state index contributed by atoms with van der Waals surface area (Å²) in [5.74, 6) is 1.02. The van der Waals surface area contributed by atoms with E-state index in [2.05, 4.69) is 21.0 Å². The van der Waals surface area contributed by atoms with Gasteiger partial charge in [0, 0.05) is 13.2 Å². The van der Waals surface area contributed by atoms with Crippen molar-refractivity contribution in [3.63, 3.8) is 0 Å². The number of ether oxygens (including phenoxy) is 1. The number of fused-ring (bicyclic) bond motifs is 1. The molecule has 0 bridgehead atoms. The molecule has 0 radical (unpaired) electrons. The van der Waals surface area contributed by atoms with Crippen molar-refractivity contribution in [3.05, 3.63) is 36.2 Å². The number of nitrogens with zero attached hydrogens (tertiary/aromatic N) is 3. The van der Waals surface area contributed by atoms with Gasteiger partial charge in [-0.3, -0.25) is 0 Å². The highest BCUT2D eigenvalue weighted by Gasteiger charge is 2.08. The largest absolute Gasteiger partial charge is 0.384 e. The smallest absolute Gasteiger partial charge is 0.157 e. The molecule has 0 fully saturated rings. The third kappa shape index (κ3) is 2.90. The number of thiazole rings is 1. The molecule has 0 aliphatic heterocycles. The molecule has 7 heteroatoms. The molecule has 0 spiro atoms. The SMILES string of the molecule is COCc1nc(N)cc(Sc2nc3ccccc3s2)n1. The van der Waals surface area contributed by atoms with Gasteiger partial charge >= 0.3 is 0 Å². The Balaban J connectivity index is 1.90. The summed E-state index contributed by atoms with van der Waals surface area (Å²) in [6.45, 7) is 0.346. The summed E-state index contributed by atoms with van der Waals surface area (Å²) in [6.07, 6.45) is 0. The first-order valence-electron chi connectivity index (χ1n) is 5.90. The van der Waals surface area contributed by atoms with E-state index in [1.165, 1.54) is 11.8 Å². The third-order valence-corrected chi connectivity index (χ3v) is 4.52. The van der Waals surface area contributed by atoms with Crippen molar-refractivity contribution in [2.24, 2.45) is 0 Å². The normalized spacial score (nSPS) is 11.1. The van der Waals surface area contributed by atoms with E-state index in [1.807, 2.05) is 18.2 Å². The van der Waals surface area contributed by atoms with Gasteiger partial charge in [0.25, 0.3) is 0 Å². The van der Waals surface area contributed by atoms with Crippen molar-refractivity contribution in [2.75, 3.05) is 12.8 Å². The summed E-state index contributed by atoms with van der Waals surface area (Å²) in [6, 6.07) is 9.79. The fourth-order valence-corrected chi connectivity index (χ4v) is 3.77. The van der Waals surface area contributed by atoms with Crippen LogP contribution in [0.25, 0.3) is 10.2 Å². The number of hydrogen-bond acceptors (Lipinski definition) is 7. The zero-order chi connectivity index (χ0) is 13.9. The van der Waals surface area contributed by atoms with Crippen LogP contribution in [0.1, 0.15) is 5.82 Å². The van der Waals surface area contributed by atoms with Crippen LogP contribution in [0.4, 0.5) is 5.82 Å². The Morgan fingerprint density at radius 1 is 1.25 bits per heavy atom. The molecule has 0 aliphatic rings. The molecule has 0 unspecified atom stereocenters. The number of hydrogen-bond donors (Lipinski definition) is 1. The molecule has 0 aliphatic carbocycles. The van der Waals surface area contributed by atoms with Crippen LogP contribution in [0.2, 0.25) is 0 Å². The van der Waals surface area contributed by atoms with Gasteiger partial charge in [-0.15, -0.1) is 11.3 Å². The highest BCUT2D eigenvalue weighted by molar-refractivity contribution is 8.01. The van der Waals surface area contributed by atoms with Crippen LogP contribution < -0.4 is 5.73 Å². The molecule has 3 rings (SSSR count). The number of anilines is 1. The first kappa shape index (κ1) is 13.3. The van der Waals surface area contributed by atoms with Gasteiger partial charge in [-0.25, -0.2) is 15.0 Å². The van der Waals surface area contributed by atoms with Gasteiger partial charge in [-0.1, -0.05) is 12.1 Å². The van der Waals surface area contributed by atoms with Crippen LogP contribution in [0.15, 0.2) is 39.7 Å². The maximum atomic E-state index is 5.78. The van der Waals surface area contributed by atoms with Crippen LogP contribution in [0.3, 0.4) is 0 Å². The molecular formula is C13H12N4OS2. The molecular weight excluding hydrogens is 292 g/mol. The topological polar surface area (TPSA) is 73.9 Å². The summed E-state index contributed by atoms with van der Waals surface area (Å²) in [5, 5.41) is 0.781. The third-order valence-electron chi connectivity index (χ3n) is 2.51. The van der Waals surface area contributed by atoms with Crippen molar-refractivity contribution in [1.82, 2.24) is 15.0 Å². The maximum Gasteiger partial charge on any atom is 0.157 e. The zero-order valence-electron chi connectivity index (χ0n) is 10.7. The van der Waals surface area contributed by atoms with Gasteiger partial charge in [0.1, 0.15) is 17.5 Å². The van der Waals surface area contributed by atoms with Gasteiger partial charge in [0.05, 0.1) is 10.2 Å². The fraction of sp³-hybridized carbons (Fsp3) is 0.154. The Labute approximate surface area is 124 Å². The number of rotatable bonds is 4. The van der Waals surface area contributed by atoms with E-state index in [-0.39, 0.29) is 0 Å². The summed E-state index contributed by atoms with van der Waals surface area (Å²) in [7, 11) is 1.60. The predicted octanol–water partition coefficient (Wildman–Crippen LogP) is 2.97. The Morgan fingerprint density at radius 3 is 2.90 bits per heavy atom. The lowest BCUT2D eigenvalue weighted by Gasteiger charge is -2.03. The van der Waals surface area contributed by atoms with E-state index >= 15 is 0 Å². The van der Waals surface area contributed by atoms with E-state index in [4.69, 9.17) is 10.5 Å². The Morgan fingerprint density at radius 2 is 2.10 bits per heavy atom. The molecule has 102 valence electrons. The Bertz CT molecular complexity index is 711. The van der Waals surface area contributed by atoms with Crippen LogP contribution in [-0.4, -0.2) is 22.1 Å². The lowest BCUT2D eigenvalue weighted by Crippen LogP contribution is -2.01. The fourth-order valence-electron chi connectivity index (χ4n) is 1.72. The van der Waals surface area contributed by atoms with Crippen molar-refractivity contribution in [2.45, 2.75) is 16.0 Å². The Hall–Kier alpha value is -1.70. The van der Waals surface area contributed by atoms with E-state index in [9.17, 15) is 0 Å². The average molecular weight is 304 g/mol. The van der Waals surface area contributed by atoms with E-state index in [0.29, 0.717) is 18.2 Å². The standard InChI is InChI=1S/C13H12N4OS2/c1-18-7-11-16-10(14)6-12(17-11)20-13-15-8-4-2-3-5-9(8)19-13/h2-6H,7H2,1H3,(H2,14,16,17). The molecule has 0 saturated carbocycles. The van der Waals surface area contributed by atoms with Crippen LogP contribution in [0, 0.1) is 0 Å². The van der Waals surface area contributed by atoms with Gasteiger partial charge in [0.15, 0.2) is 10.2 Å². The monoisotopic (exact) mass is 304 g/mol. The lowest BCUT2D eigenvalue weighted by atomic mass is 10.3. The van der Waals surface area contributed by atoms with Crippen molar-refractivity contribution in [1.29, 1.82) is 0 Å². The number of para-hydroxylation sites is 1. The molecule has 1 aromatic carbocycles. The van der Waals surface area contributed by atoms with Gasteiger partial charge in [0.2, 0.25) is 0 Å². The van der Waals surface area contributed by atoms with E-state index in [0.717, 1.165) is 19.6 Å². The van der Waals surface area contributed by atoms with Crippen LogP contribution in [0.5, 0.6) is 0 Å². The van der Waals surface area contributed by atoms with E-state index < -0.39 is 0 Å².